The Hall–Kier alpha value is -2.68. The average Bonchev–Trinajstić information content (AvgIpc) is 2.46. The van der Waals surface area contributed by atoms with Crippen molar-refractivity contribution in [3.05, 3.63) is 65.9 Å². The Morgan fingerprint density at radius 3 is 2.11 bits per heavy atom. The van der Waals surface area contributed by atoms with E-state index in [0.717, 1.165) is 11.1 Å². The molecule has 0 bridgehead atoms. The maximum Gasteiger partial charge on any atom is 0.238 e. The number of nitrogens with zero attached hydrogens (tertiary/aromatic N) is 2. The fourth-order valence-corrected chi connectivity index (χ4v) is 1.86. The van der Waals surface area contributed by atoms with Crippen LogP contribution in [-0.2, 0) is 0 Å². The molecular formula is C16H12N2O. The van der Waals surface area contributed by atoms with E-state index >= 15 is 0 Å². The molecule has 0 spiro atoms. The quantitative estimate of drug-likeness (QED) is 0.755. The lowest BCUT2D eigenvalue weighted by Gasteiger charge is -2.01. The molecule has 0 fully saturated rings. The SMILES string of the molecule is Oc1nc2ccccc2nc1/C=C/c1ccccc1. The number of hydrogen-bond acceptors (Lipinski definition) is 3. The number of para-hydroxylation sites is 2. The van der Waals surface area contributed by atoms with Crippen LogP contribution < -0.4 is 0 Å². The lowest BCUT2D eigenvalue weighted by molar-refractivity contribution is 0.452. The standard InChI is InChI=1S/C16H12N2O/c19-16-15(11-10-12-6-2-1-3-7-12)17-13-8-4-5-9-14(13)18-16/h1-11H,(H,18,19)/b11-10+. The Labute approximate surface area is 110 Å². The van der Waals surface area contributed by atoms with Gasteiger partial charge in [-0.3, -0.25) is 0 Å². The van der Waals surface area contributed by atoms with Gasteiger partial charge in [-0.1, -0.05) is 48.5 Å². The van der Waals surface area contributed by atoms with Crippen molar-refractivity contribution in [2.45, 2.75) is 0 Å². The first-order valence-electron chi connectivity index (χ1n) is 6.02. The first kappa shape index (κ1) is 11.4. The van der Waals surface area contributed by atoms with Crippen LogP contribution in [0, 0.1) is 0 Å². The van der Waals surface area contributed by atoms with Gasteiger partial charge in [0.05, 0.1) is 11.0 Å². The highest BCUT2D eigenvalue weighted by Gasteiger charge is 2.03. The number of aromatic nitrogens is 2. The zero-order valence-corrected chi connectivity index (χ0v) is 10.2. The Morgan fingerprint density at radius 2 is 1.37 bits per heavy atom. The second-order valence-electron chi connectivity index (χ2n) is 4.17. The van der Waals surface area contributed by atoms with Crippen molar-refractivity contribution in [3.8, 4) is 5.88 Å². The normalized spacial score (nSPS) is 11.2. The molecular weight excluding hydrogens is 236 g/mol. The summed E-state index contributed by atoms with van der Waals surface area (Å²) in [6.45, 7) is 0. The van der Waals surface area contributed by atoms with Gasteiger partial charge in [-0.05, 0) is 23.8 Å². The van der Waals surface area contributed by atoms with Crippen LogP contribution in [0.4, 0.5) is 0 Å². The smallest absolute Gasteiger partial charge is 0.238 e. The third-order valence-electron chi connectivity index (χ3n) is 2.81. The zero-order chi connectivity index (χ0) is 13.1. The van der Waals surface area contributed by atoms with Gasteiger partial charge in [0.2, 0.25) is 5.88 Å². The van der Waals surface area contributed by atoms with Gasteiger partial charge in [0.1, 0.15) is 5.69 Å². The molecule has 19 heavy (non-hydrogen) atoms. The van der Waals surface area contributed by atoms with Gasteiger partial charge in [-0.15, -0.1) is 0 Å². The summed E-state index contributed by atoms with van der Waals surface area (Å²) < 4.78 is 0. The summed E-state index contributed by atoms with van der Waals surface area (Å²) in [5, 5.41) is 9.86. The van der Waals surface area contributed by atoms with Gasteiger partial charge in [0, 0.05) is 0 Å². The van der Waals surface area contributed by atoms with Crippen molar-refractivity contribution in [1.29, 1.82) is 0 Å². The predicted molar refractivity (Wildman–Crippen MR) is 76.6 cm³/mol. The number of hydrogen-bond donors (Lipinski definition) is 1. The van der Waals surface area contributed by atoms with Gasteiger partial charge >= 0.3 is 0 Å². The van der Waals surface area contributed by atoms with Crippen molar-refractivity contribution < 1.29 is 5.11 Å². The van der Waals surface area contributed by atoms with E-state index in [4.69, 9.17) is 0 Å². The minimum absolute atomic E-state index is 0.0501. The number of fused-ring (bicyclic) bond motifs is 1. The summed E-state index contributed by atoms with van der Waals surface area (Å²) >= 11 is 0. The third-order valence-corrected chi connectivity index (χ3v) is 2.81. The Kier molecular flexibility index (Phi) is 2.94. The van der Waals surface area contributed by atoms with Crippen LogP contribution in [0.2, 0.25) is 0 Å². The van der Waals surface area contributed by atoms with Gasteiger partial charge in [-0.2, -0.15) is 0 Å². The van der Waals surface area contributed by atoms with Crippen LogP contribution >= 0.6 is 0 Å². The minimum Gasteiger partial charge on any atom is -0.492 e. The zero-order valence-electron chi connectivity index (χ0n) is 10.2. The fourth-order valence-electron chi connectivity index (χ4n) is 1.86. The highest BCUT2D eigenvalue weighted by atomic mass is 16.3. The summed E-state index contributed by atoms with van der Waals surface area (Å²) in [7, 11) is 0. The Morgan fingerprint density at radius 1 is 0.737 bits per heavy atom. The molecule has 3 aromatic rings. The molecule has 3 rings (SSSR count). The molecule has 2 aromatic carbocycles. The molecule has 92 valence electrons. The van der Waals surface area contributed by atoms with Crippen LogP contribution in [0.25, 0.3) is 23.2 Å². The second kappa shape index (κ2) is 4.90. The van der Waals surface area contributed by atoms with E-state index < -0.39 is 0 Å². The number of rotatable bonds is 2. The first-order chi connectivity index (χ1) is 9.33. The molecule has 3 nitrogen and oxygen atoms in total. The van der Waals surface area contributed by atoms with E-state index in [2.05, 4.69) is 9.97 Å². The second-order valence-corrected chi connectivity index (χ2v) is 4.17. The number of benzene rings is 2. The van der Waals surface area contributed by atoms with E-state index in [9.17, 15) is 5.11 Å². The van der Waals surface area contributed by atoms with Crippen molar-refractivity contribution in [1.82, 2.24) is 9.97 Å². The molecule has 1 N–H and O–H groups in total. The van der Waals surface area contributed by atoms with Crippen molar-refractivity contribution >= 4 is 23.2 Å². The molecule has 0 aliphatic heterocycles. The molecule has 0 saturated heterocycles. The molecule has 0 saturated carbocycles. The molecule has 3 heteroatoms. The van der Waals surface area contributed by atoms with Crippen LogP contribution in [-0.4, -0.2) is 15.1 Å². The van der Waals surface area contributed by atoms with Gasteiger partial charge in [0.15, 0.2) is 0 Å². The van der Waals surface area contributed by atoms with Crippen molar-refractivity contribution in [2.24, 2.45) is 0 Å². The fraction of sp³-hybridized carbons (Fsp3) is 0. The Bertz CT molecular complexity index is 736. The molecule has 0 amide bonds. The summed E-state index contributed by atoms with van der Waals surface area (Å²) in [4.78, 5) is 8.52. The summed E-state index contributed by atoms with van der Waals surface area (Å²) in [5.41, 5.74) is 2.99. The van der Waals surface area contributed by atoms with Crippen LogP contribution in [0.15, 0.2) is 54.6 Å². The maximum atomic E-state index is 9.86. The topological polar surface area (TPSA) is 46.0 Å². The largest absolute Gasteiger partial charge is 0.492 e. The van der Waals surface area contributed by atoms with E-state index in [1.54, 1.807) is 6.08 Å². The third kappa shape index (κ3) is 2.45. The lowest BCUT2D eigenvalue weighted by Crippen LogP contribution is -1.88. The molecule has 0 atom stereocenters. The summed E-state index contributed by atoms with van der Waals surface area (Å²) in [6, 6.07) is 17.3. The highest BCUT2D eigenvalue weighted by molar-refractivity contribution is 5.78. The highest BCUT2D eigenvalue weighted by Crippen LogP contribution is 2.19. The molecule has 0 unspecified atom stereocenters. The molecule has 0 radical (unpaired) electrons. The summed E-state index contributed by atoms with van der Waals surface area (Å²) in [5.74, 6) is -0.0501. The predicted octanol–water partition coefficient (Wildman–Crippen LogP) is 3.51. The van der Waals surface area contributed by atoms with E-state index in [1.807, 2.05) is 60.7 Å². The van der Waals surface area contributed by atoms with Gasteiger partial charge in [0.25, 0.3) is 0 Å². The van der Waals surface area contributed by atoms with Crippen molar-refractivity contribution in [3.63, 3.8) is 0 Å². The maximum absolute atomic E-state index is 9.86. The van der Waals surface area contributed by atoms with E-state index in [-0.39, 0.29) is 5.88 Å². The van der Waals surface area contributed by atoms with Gasteiger partial charge in [-0.25, -0.2) is 9.97 Å². The molecule has 1 heterocycles. The minimum atomic E-state index is -0.0501. The monoisotopic (exact) mass is 248 g/mol. The number of aromatic hydroxyl groups is 1. The molecule has 0 aliphatic rings. The lowest BCUT2D eigenvalue weighted by atomic mass is 10.2. The molecule has 1 aromatic heterocycles. The first-order valence-corrected chi connectivity index (χ1v) is 6.02. The van der Waals surface area contributed by atoms with Crippen LogP contribution in [0.3, 0.4) is 0 Å². The Balaban J connectivity index is 2.01. The van der Waals surface area contributed by atoms with E-state index in [1.165, 1.54) is 0 Å². The van der Waals surface area contributed by atoms with Crippen LogP contribution in [0.5, 0.6) is 5.88 Å². The van der Waals surface area contributed by atoms with Gasteiger partial charge < -0.3 is 5.11 Å². The van der Waals surface area contributed by atoms with Crippen LogP contribution in [0.1, 0.15) is 11.3 Å². The molecule has 0 aliphatic carbocycles. The summed E-state index contributed by atoms with van der Waals surface area (Å²) in [6.07, 6.45) is 3.67. The average molecular weight is 248 g/mol. The van der Waals surface area contributed by atoms with E-state index in [0.29, 0.717) is 11.2 Å². The van der Waals surface area contributed by atoms with Crippen molar-refractivity contribution in [2.75, 3.05) is 0 Å².